The van der Waals surface area contributed by atoms with Crippen molar-refractivity contribution in [1.82, 2.24) is 5.32 Å². The first kappa shape index (κ1) is 17.9. The predicted octanol–water partition coefficient (Wildman–Crippen LogP) is 1.91. The van der Waals surface area contributed by atoms with Crippen LogP contribution >= 0.6 is 0 Å². The van der Waals surface area contributed by atoms with Crippen LogP contribution in [0.2, 0.25) is 0 Å². The second-order valence-corrected chi connectivity index (χ2v) is 7.10. The lowest BCUT2D eigenvalue weighted by Crippen LogP contribution is -2.42. The topological polar surface area (TPSA) is 93.5 Å². The Morgan fingerprint density at radius 1 is 1.12 bits per heavy atom. The predicted molar refractivity (Wildman–Crippen MR) is 96.3 cm³/mol. The first-order valence-electron chi connectivity index (χ1n) is 9.16. The molecule has 1 saturated carbocycles. The van der Waals surface area contributed by atoms with E-state index in [0.29, 0.717) is 36.9 Å². The Hall–Kier alpha value is -1.92. The van der Waals surface area contributed by atoms with Gasteiger partial charge in [0.05, 0.1) is 19.3 Å². The SMILES string of the molecule is N[C@H](C(=O)Nc1ccc(C(=O)NCC2COC2)cc1)C1CCCCC1. The van der Waals surface area contributed by atoms with Crippen molar-refractivity contribution in [3.05, 3.63) is 29.8 Å². The minimum atomic E-state index is -0.465. The number of carbonyl (C=O) groups is 2. The number of nitrogens with one attached hydrogen (secondary N) is 2. The number of hydrogen-bond donors (Lipinski definition) is 3. The highest BCUT2D eigenvalue weighted by molar-refractivity contribution is 5.97. The Bertz CT molecular complexity index is 592. The third-order valence-corrected chi connectivity index (χ3v) is 5.13. The Kier molecular flexibility index (Phi) is 6.04. The van der Waals surface area contributed by atoms with Crippen molar-refractivity contribution in [3.8, 4) is 0 Å². The minimum Gasteiger partial charge on any atom is -0.381 e. The number of carbonyl (C=O) groups excluding carboxylic acids is 2. The smallest absolute Gasteiger partial charge is 0.251 e. The average molecular weight is 345 g/mol. The van der Waals surface area contributed by atoms with Gasteiger partial charge < -0.3 is 21.1 Å². The van der Waals surface area contributed by atoms with E-state index in [-0.39, 0.29) is 17.7 Å². The van der Waals surface area contributed by atoms with Gasteiger partial charge in [-0.05, 0) is 43.0 Å². The van der Waals surface area contributed by atoms with Crippen LogP contribution in [0.5, 0.6) is 0 Å². The van der Waals surface area contributed by atoms with Gasteiger partial charge in [0.1, 0.15) is 0 Å². The first-order valence-corrected chi connectivity index (χ1v) is 9.16. The number of amides is 2. The summed E-state index contributed by atoms with van der Waals surface area (Å²) in [6.07, 6.45) is 5.60. The fourth-order valence-corrected chi connectivity index (χ4v) is 3.38. The highest BCUT2D eigenvalue weighted by Crippen LogP contribution is 2.26. The lowest BCUT2D eigenvalue weighted by Gasteiger charge is -2.26. The Morgan fingerprint density at radius 3 is 2.40 bits per heavy atom. The van der Waals surface area contributed by atoms with Gasteiger partial charge in [-0.15, -0.1) is 0 Å². The number of nitrogens with two attached hydrogens (primary N) is 1. The van der Waals surface area contributed by atoms with Crippen LogP contribution in [0.15, 0.2) is 24.3 Å². The summed E-state index contributed by atoms with van der Waals surface area (Å²) < 4.78 is 5.09. The molecule has 0 unspecified atom stereocenters. The standard InChI is InChI=1S/C19H27N3O3/c20-17(14-4-2-1-3-5-14)19(24)22-16-8-6-15(7-9-16)18(23)21-10-13-11-25-12-13/h6-9,13-14,17H,1-5,10-12,20H2,(H,21,23)(H,22,24)/t17-/m0/s1. The van der Waals surface area contributed by atoms with E-state index in [2.05, 4.69) is 10.6 Å². The van der Waals surface area contributed by atoms with Crippen LogP contribution in [0.1, 0.15) is 42.5 Å². The second kappa shape index (κ2) is 8.45. The maximum absolute atomic E-state index is 12.3. The largest absolute Gasteiger partial charge is 0.381 e. The van der Waals surface area contributed by atoms with Gasteiger partial charge >= 0.3 is 0 Å². The van der Waals surface area contributed by atoms with Gasteiger partial charge in [-0.3, -0.25) is 9.59 Å². The van der Waals surface area contributed by atoms with E-state index in [4.69, 9.17) is 10.5 Å². The molecule has 4 N–H and O–H groups in total. The van der Waals surface area contributed by atoms with Crippen LogP contribution in [-0.4, -0.2) is 37.6 Å². The lowest BCUT2D eigenvalue weighted by atomic mass is 9.84. The molecule has 1 aromatic rings. The molecule has 0 spiro atoms. The molecule has 1 aliphatic carbocycles. The molecule has 2 amide bonds. The fourth-order valence-electron chi connectivity index (χ4n) is 3.38. The highest BCUT2D eigenvalue weighted by Gasteiger charge is 2.26. The van der Waals surface area contributed by atoms with Crippen LogP contribution in [0.4, 0.5) is 5.69 Å². The monoisotopic (exact) mass is 345 g/mol. The number of ether oxygens (including phenoxy) is 1. The third kappa shape index (κ3) is 4.80. The highest BCUT2D eigenvalue weighted by atomic mass is 16.5. The number of anilines is 1. The van der Waals surface area contributed by atoms with Crippen LogP contribution in [0.3, 0.4) is 0 Å². The quantitative estimate of drug-likeness (QED) is 0.734. The Balaban J connectivity index is 1.49. The van der Waals surface area contributed by atoms with Gasteiger partial charge in [0, 0.05) is 23.7 Å². The summed E-state index contributed by atoms with van der Waals surface area (Å²) in [6, 6.07) is 6.45. The van der Waals surface area contributed by atoms with Gasteiger partial charge in [0.2, 0.25) is 5.91 Å². The summed E-state index contributed by atoms with van der Waals surface area (Å²) in [5.74, 6) is 0.441. The molecule has 1 heterocycles. The van der Waals surface area contributed by atoms with Crippen LogP contribution in [0.25, 0.3) is 0 Å². The van der Waals surface area contributed by atoms with Gasteiger partial charge in [0.25, 0.3) is 5.91 Å². The molecule has 3 rings (SSSR count). The van der Waals surface area contributed by atoms with Crippen molar-refractivity contribution in [2.45, 2.75) is 38.1 Å². The van der Waals surface area contributed by atoms with E-state index in [1.54, 1.807) is 24.3 Å². The lowest BCUT2D eigenvalue weighted by molar-refractivity contribution is -0.118. The molecule has 6 heteroatoms. The molecule has 136 valence electrons. The average Bonchev–Trinajstić information content (AvgIpc) is 2.61. The van der Waals surface area contributed by atoms with E-state index >= 15 is 0 Å². The minimum absolute atomic E-state index is 0.108. The molecular formula is C19H27N3O3. The molecule has 0 bridgehead atoms. The molecule has 25 heavy (non-hydrogen) atoms. The van der Waals surface area contributed by atoms with Crippen LogP contribution in [-0.2, 0) is 9.53 Å². The van der Waals surface area contributed by atoms with Gasteiger partial charge in [0.15, 0.2) is 0 Å². The van der Waals surface area contributed by atoms with Crippen molar-refractivity contribution in [2.24, 2.45) is 17.6 Å². The van der Waals surface area contributed by atoms with Crippen molar-refractivity contribution < 1.29 is 14.3 Å². The van der Waals surface area contributed by atoms with Crippen molar-refractivity contribution >= 4 is 17.5 Å². The Morgan fingerprint density at radius 2 is 1.80 bits per heavy atom. The van der Waals surface area contributed by atoms with Crippen molar-refractivity contribution in [3.63, 3.8) is 0 Å². The summed E-state index contributed by atoms with van der Waals surface area (Å²) in [5.41, 5.74) is 7.36. The summed E-state index contributed by atoms with van der Waals surface area (Å²) in [4.78, 5) is 24.4. The number of rotatable bonds is 6. The maximum Gasteiger partial charge on any atom is 0.251 e. The van der Waals surface area contributed by atoms with E-state index in [9.17, 15) is 9.59 Å². The van der Waals surface area contributed by atoms with E-state index in [0.717, 1.165) is 25.7 Å². The van der Waals surface area contributed by atoms with Crippen LogP contribution in [0, 0.1) is 11.8 Å². The summed E-state index contributed by atoms with van der Waals surface area (Å²) in [5, 5.41) is 5.76. The van der Waals surface area contributed by atoms with E-state index < -0.39 is 6.04 Å². The summed E-state index contributed by atoms with van der Waals surface area (Å²) in [7, 11) is 0. The van der Waals surface area contributed by atoms with Gasteiger partial charge in [-0.25, -0.2) is 0 Å². The zero-order valence-electron chi connectivity index (χ0n) is 14.5. The zero-order chi connectivity index (χ0) is 17.6. The van der Waals surface area contributed by atoms with Crippen LogP contribution < -0.4 is 16.4 Å². The van der Waals surface area contributed by atoms with E-state index in [1.165, 1.54) is 6.42 Å². The molecule has 2 fully saturated rings. The van der Waals surface area contributed by atoms with Crippen molar-refractivity contribution in [1.29, 1.82) is 0 Å². The molecule has 1 aliphatic heterocycles. The molecule has 6 nitrogen and oxygen atoms in total. The molecular weight excluding hydrogens is 318 g/mol. The first-order chi connectivity index (χ1) is 12.1. The molecule has 1 aromatic carbocycles. The summed E-state index contributed by atoms with van der Waals surface area (Å²) in [6.45, 7) is 2.06. The zero-order valence-corrected chi connectivity index (χ0v) is 14.5. The number of benzene rings is 1. The molecule has 0 radical (unpaired) electrons. The van der Waals surface area contributed by atoms with Crippen molar-refractivity contribution in [2.75, 3.05) is 25.1 Å². The third-order valence-electron chi connectivity index (χ3n) is 5.13. The van der Waals surface area contributed by atoms with Gasteiger partial charge in [-0.2, -0.15) is 0 Å². The fraction of sp³-hybridized carbons (Fsp3) is 0.579. The molecule has 1 saturated heterocycles. The maximum atomic E-state index is 12.3. The molecule has 2 aliphatic rings. The second-order valence-electron chi connectivity index (χ2n) is 7.10. The van der Waals surface area contributed by atoms with E-state index in [1.807, 2.05) is 0 Å². The molecule has 1 atom stereocenters. The summed E-state index contributed by atoms with van der Waals surface area (Å²) >= 11 is 0. The van der Waals surface area contributed by atoms with Gasteiger partial charge in [-0.1, -0.05) is 19.3 Å². The molecule has 0 aromatic heterocycles. The normalized spacial score (nSPS) is 19.7. The number of hydrogen-bond acceptors (Lipinski definition) is 4. The Labute approximate surface area is 148 Å².